The summed E-state index contributed by atoms with van der Waals surface area (Å²) in [7, 11) is 0. The maximum Gasteiger partial charge on any atom is 0.243 e. The molecule has 120 valence electrons. The van der Waals surface area contributed by atoms with E-state index in [-0.39, 0.29) is 17.9 Å². The van der Waals surface area contributed by atoms with Crippen LogP contribution in [0.3, 0.4) is 0 Å². The van der Waals surface area contributed by atoms with Gasteiger partial charge in [0.05, 0.1) is 18.7 Å². The summed E-state index contributed by atoms with van der Waals surface area (Å²) in [6.07, 6.45) is 3.57. The minimum absolute atomic E-state index is 0.00962. The molecule has 0 unspecified atom stereocenters. The van der Waals surface area contributed by atoms with E-state index in [1.165, 1.54) is 0 Å². The molecule has 0 spiro atoms. The third-order valence-corrected chi connectivity index (χ3v) is 4.09. The molecule has 2 N–H and O–H groups in total. The SMILES string of the molecule is O=C(NCc1ccn[nH]1)[C@@H]1CCCN1C(=O)Cc1ccccc1. The van der Waals surface area contributed by atoms with E-state index in [1.807, 2.05) is 36.4 Å². The lowest BCUT2D eigenvalue weighted by atomic mass is 10.1. The van der Waals surface area contributed by atoms with Crippen molar-refractivity contribution < 1.29 is 9.59 Å². The number of rotatable bonds is 5. The van der Waals surface area contributed by atoms with Crippen LogP contribution in [0.15, 0.2) is 42.6 Å². The van der Waals surface area contributed by atoms with Crippen molar-refractivity contribution in [2.45, 2.75) is 31.8 Å². The van der Waals surface area contributed by atoms with E-state index in [0.29, 0.717) is 19.5 Å². The zero-order valence-electron chi connectivity index (χ0n) is 12.9. The van der Waals surface area contributed by atoms with Gasteiger partial charge in [0.15, 0.2) is 0 Å². The number of likely N-dealkylation sites (tertiary alicyclic amines) is 1. The first-order valence-electron chi connectivity index (χ1n) is 7.83. The maximum absolute atomic E-state index is 12.5. The Balaban J connectivity index is 1.58. The highest BCUT2D eigenvalue weighted by Gasteiger charge is 2.33. The van der Waals surface area contributed by atoms with Crippen LogP contribution in [0.4, 0.5) is 0 Å². The Kier molecular flexibility index (Phi) is 4.71. The molecule has 2 amide bonds. The smallest absolute Gasteiger partial charge is 0.243 e. The Hall–Kier alpha value is -2.63. The molecule has 0 bridgehead atoms. The zero-order valence-corrected chi connectivity index (χ0v) is 12.9. The number of nitrogens with one attached hydrogen (secondary N) is 2. The number of hydrogen-bond donors (Lipinski definition) is 2. The second kappa shape index (κ2) is 7.09. The summed E-state index contributed by atoms with van der Waals surface area (Å²) in [5.74, 6) is -0.0890. The van der Waals surface area contributed by atoms with E-state index in [0.717, 1.165) is 24.1 Å². The summed E-state index contributed by atoms with van der Waals surface area (Å²) < 4.78 is 0. The molecular formula is C17H20N4O2. The van der Waals surface area contributed by atoms with Gasteiger partial charge in [-0.25, -0.2) is 0 Å². The van der Waals surface area contributed by atoms with Gasteiger partial charge in [-0.05, 0) is 24.5 Å². The minimum Gasteiger partial charge on any atom is -0.349 e. The molecule has 6 heteroatoms. The monoisotopic (exact) mass is 312 g/mol. The topological polar surface area (TPSA) is 78.1 Å². The van der Waals surface area contributed by atoms with Crippen molar-refractivity contribution >= 4 is 11.8 Å². The summed E-state index contributed by atoms with van der Waals surface area (Å²) in [5.41, 5.74) is 1.82. The van der Waals surface area contributed by atoms with Crippen molar-refractivity contribution in [3.63, 3.8) is 0 Å². The van der Waals surface area contributed by atoms with Crippen LogP contribution in [-0.2, 0) is 22.6 Å². The van der Waals surface area contributed by atoms with Gasteiger partial charge in [0, 0.05) is 12.7 Å². The predicted octanol–water partition coefficient (Wildman–Crippen LogP) is 1.26. The van der Waals surface area contributed by atoms with Crippen molar-refractivity contribution in [1.29, 1.82) is 0 Å². The van der Waals surface area contributed by atoms with Crippen molar-refractivity contribution in [3.05, 3.63) is 53.9 Å². The number of aromatic amines is 1. The Morgan fingerprint density at radius 3 is 2.83 bits per heavy atom. The molecule has 1 aromatic heterocycles. The average Bonchev–Trinajstić information content (AvgIpc) is 3.25. The predicted molar refractivity (Wildman–Crippen MR) is 85.3 cm³/mol. The van der Waals surface area contributed by atoms with Gasteiger partial charge in [-0.3, -0.25) is 14.7 Å². The molecule has 0 radical (unpaired) electrons. The molecule has 2 heterocycles. The largest absolute Gasteiger partial charge is 0.349 e. The molecule has 1 aliphatic heterocycles. The number of H-pyrrole nitrogens is 1. The molecule has 1 saturated heterocycles. The molecule has 23 heavy (non-hydrogen) atoms. The van der Waals surface area contributed by atoms with E-state index in [9.17, 15) is 9.59 Å². The number of amides is 2. The fourth-order valence-electron chi connectivity index (χ4n) is 2.89. The lowest BCUT2D eigenvalue weighted by molar-refractivity contribution is -0.138. The first-order chi connectivity index (χ1) is 11.2. The van der Waals surface area contributed by atoms with Crippen molar-refractivity contribution in [3.8, 4) is 0 Å². The zero-order chi connectivity index (χ0) is 16.1. The van der Waals surface area contributed by atoms with Gasteiger partial charge in [-0.15, -0.1) is 0 Å². The van der Waals surface area contributed by atoms with Crippen LogP contribution in [0.5, 0.6) is 0 Å². The standard InChI is InChI=1S/C17H20N4O2/c22-16(11-13-5-2-1-3-6-13)21-10-4-7-15(21)17(23)18-12-14-8-9-19-20-14/h1-3,5-6,8-9,15H,4,7,10-12H2,(H,18,23)(H,19,20)/t15-/m0/s1. The molecule has 1 aliphatic rings. The molecule has 1 atom stereocenters. The number of nitrogens with zero attached hydrogens (tertiary/aromatic N) is 2. The minimum atomic E-state index is -0.367. The summed E-state index contributed by atoms with van der Waals surface area (Å²) in [4.78, 5) is 26.6. The Labute approximate surface area is 134 Å². The molecule has 1 fully saturated rings. The first-order valence-corrected chi connectivity index (χ1v) is 7.83. The number of benzene rings is 1. The number of aromatic nitrogens is 2. The highest BCUT2D eigenvalue weighted by molar-refractivity contribution is 5.89. The third-order valence-electron chi connectivity index (χ3n) is 4.09. The fraction of sp³-hybridized carbons (Fsp3) is 0.353. The van der Waals surface area contributed by atoms with Gasteiger partial charge in [0.25, 0.3) is 0 Å². The fourth-order valence-corrected chi connectivity index (χ4v) is 2.89. The molecule has 6 nitrogen and oxygen atoms in total. The van der Waals surface area contributed by atoms with Crippen molar-refractivity contribution in [2.24, 2.45) is 0 Å². The van der Waals surface area contributed by atoms with E-state index in [2.05, 4.69) is 15.5 Å². The van der Waals surface area contributed by atoms with E-state index >= 15 is 0 Å². The van der Waals surface area contributed by atoms with Gasteiger partial charge in [0.1, 0.15) is 6.04 Å². The third kappa shape index (κ3) is 3.77. The van der Waals surface area contributed by atoms with Crippen LogP contribution in [-0.4, -0.2) is 39.5 Å². The quantitative estimate of drug-likeness (QED) is 0.872. The summed E-state index contributed by atoms with van der Waals surface area (Å²) in [6.45, 7) is 1.05. The van der Waals surface area contributed by atoms with Crippen LogP contribution in [0.25, 0.3) is 0 Å². The Morgan fingerprint density at radius 1 is 1.26 bits per heavy atom. The molecule has 2 aromatic rings. The molecule has 3 rings (SSSR count). The van der Waals surface area contributed by atoms with Crippen LogP contribution < -0.4 is 5.32 Å². The Morgan fingerprint density at radius 2 is 2.09 bits per heavy atom. The molecule has 0 aliphatic carbocycles. The molecule has 0 saturated carbocycles. The first kappa shape index (κ1) is 15.3. The molecule has 1 aromatic carbocycles. The van der Waals surface area contributed by atoms with Crippen LogP contribution >= 0.6 is 0 Å². The summed E-state index contributed by atoms with van der Waals surface area (Å²) >= 11 is 0. The van der Waals surface area contributed by atoms with Gasteiger partial charge >= 0.3 is 0 Å². The van der Waals surface area contributed by atoms with Gasteiger partial charge in [-0.2, -0.15) is 5.10 Å². The van der Waals surface area contributed by atoms with Gasteiger partial charge in [0.2, 0.25) is 11.8 Å². The Bertz CT molecular complexity index is 654. The maximum atomic E-state index is 12.5. The van der Waals surface area contributed by atoms with E-state index in [1.54, 1.807) is 11.1 Å². The van der Waals surface area contributed by atoms with Crippen LogP contribution in [0.1, 0.15) is 24.1 Å². The summed E-state index contributed by atoms with van der Waals surface area (Å²) in [6, 6.07) is 11.1. The van der Waals surface area contributed by atoms with E-state index in [4.69, 9.17) is 0 Å². The van der Waals surface area contributed by atoms with Crippen molar-refractivity contribution in [1.82, 2.24) is 20.4 Å². The normalized spacial score (nSPS) is 17.2. The number of carbonyl (C=O) groups is 2. The summed E-state index contributed by atoms with van der Waals surface area (Å²) in [5, 5.41) is 9.52. The van der Waals surface area contributed by atoms with Gasteiger partial charge in [-0.1, -0.05) is 30.3 Å². The highest BCUT2D eigenvalue weighted by Crippen LogP contribution is 2.19. The average molecular weight is 312 g/mol. The van der Waals surface area contributed by atoms with Crippen LogP contribution in [0.2, 0.25) is 0 Å². The lowest BCUT2D eigenvalue weighted by Crippen LogP contribution is -2.46. The number of hydrogen-bond acceptors (Lipinski definition) is 3. The van der Waals surface area contributed by atoms with Crippen LogP contribution in [0, 0.1) is 0 Å². The second-order valence-electron chi connectivity index (χ2n) is 5.71. The van der Waals surface area contributed by atoms with Crippen molar-refractivity contribution in [2.75, 3.05) is 6.54 Å². The second-order valence-corrected chi connectivity index (χ2v) is 5.71. The lowest BCUT2D eigenvalue weighted by Gasteiger charge is -2.24. The number of carbonyl (C=O) groups excluding carboxylic acids is 2. The van der Waals surface area contributed by atoms with Gasteiger partial charge < -0.3 is 10.2 Å². The highest BCUT2D eigenvalue weighted by atomic mass is 16.2. The van der Waals surface area contributed by atoms with E-state index < -0.39 is 0 Å². The molecular weight excluding hydrogens is 292 g/mol.